The van der Waals surface area contributed by atoms with Crippen molar-refractivity contribution in [1.82, 2.24) is 5.32 Å². The fraction of sp³-hybridized carbons (Fsp3) is 0.600. The van der Waals surface area contributed by atoms with Gasteiger partial charge in [0.25, 0.3) is 0 Å². The van der Waals surface area contributed by atoms with Crippen LogP contribution in [0.5, 0.6) is 0 Å². The van der Waals surface area contributed by atoms with Crippen LogP contribution in [0.2, 0.25) is 0 Å². The highest BCUT2D eigenvalue weighted by atomic mass is 32.2. The zero-order valence-corrected chi connectivity index (χ0v) is 7.13. The van der Waals surface area contributed by atoms with Gasteiger partial charge >= 0.3 is 5.97 Å². The molecular weight excluding hydrogens is 186 g/mol. The minimum atomic E-state index is -2.36. The molecule has 0 heterocycles. The Morgan fingerprint density at radius 1 is 1.58 bits per heavy atom. The number of carboxylic acid groups (broad SMARTS) is 1. The van der Waals surface area contributed by atoms with Gasteiger partial charge in [0.1, 0.15) is 5.37 Å². The highest BCUT2D eigenvalue weighted by Gasteiger charge is 2.19. The second-order valence-corrected chi connectivity index (χ2v) is 3.18. The molecule has 0 aliphatic heterocycles. The van der Waals surface area contributed by atoms with E-state index in [-0.39, 0.29) is 0 Å². The molecule has 0 spiro atoms. The van der Waals surface area contributed by atoms with Crippen LogP contribution in [0.1, 0.15) is 13.3 Å². The summed E-state index contributed by atoms with van der Waals surface area (Å²) in [5.74, 6) is -1.78. The van der Waals surface area contributed by atoms with Crippen LogP contribution in [0.3, 0.4) is 0 Å². The third-order valence-electron chi connectivity index (χ3n) is 0.968. The molecule has 3 N–H and O–H groups in total. The monoisotopic (exact) mass is 195 g/mol. The van der Waals surface area contributed by atoms with Crippen LogP contribution in [0.4, 0.5) is 0 Å². The molecule has 2 unspecified atom stereocenters. The number of hydrogen-bond acceptors (Lipinski definition) is 3. The Hall–Kier alpha value is -0.950. The molecule has 12 heavy (non-hydrogen) atoms. The summed E-state index contributed by atoms with van der Waals surface area (Å²) in [6.07, 6.45) is -0.567. The molecule has 0 fully saturated rings. The van der Waals surface area contributed by atoms with Crippen molar-refractivity contribution >= 4 is 23.0 Å². The summed E-state index contributed by atoms with van der Waals surface area (Å²) in [5, 5.41) is 9.05. The molecule has 0 saturated carbocycles. The Bertz CT molecular complexity index is 200. The van der Waals surface area contributed by atoms with E-state index in [9.17, 15) is 13.8 Å². The second-order valence-electron chi connectivity index (χ2n) is 2.06. The standard InChI is InChI=1S/C5H9NO5S/c1-3(7)6-4(12(10)11)2-5(8)9/h4H,2H2,1H3,(H,6,7)(H,8,9)(H,10,11). The average Bonchev–Trinajstić information content (AvgIpc) is 1.83. The fourth-order valence-electron chi connectivity index (χ4n) is 0.558. The Morgan fingerprint density at radius 2 is 2.08 bits per heavy atom. The number of carboxylic acids is 1. The molecule has 7 heteroatoms. The minimum Gasteiger partial charge on any atom is -0.481 e. The topological polar surface area (TPSA) is 104 Å². The predicted octanol–water partition coefficient (Wildman–Crippen LogP) is -0.855. The minimum absolute atomic E-state index is 0.538. The van der Waals surface area contributed by atoms with Crippen molar-refractivity contribution < 1.29 is 23.5 Å². The SMILES string of the molecule is CC(=O)NC(CC(=O)O)S(=O)O. The number of aliphatic carboxylic acids is 1. The fourth-order valence-corrected chi connectivity index (χ4v) is 1.11. The molecule has 0 saturated heterocycles. The van der Waals surface area contributed by atoms with E-state index in [1.165, 1.54) is 0 Å². The Labute approximate surface area is 71.2 Å². The number of carbonyl (C=O) groups excluding carboxylic acids is 1. The number of nitrogens with one attached hydrogen (secondary N) is 1. The third kappa shape index (κ3) is 4.80. The Balaban J connectivity index is 4.14. The van der Waals surface area contributed by atoms with Gasteiger partial charge in [0.05, 0.1) is 6.42 Å². The van der Waals surface area contributed by atoms with Crippen LogP contribution < -0.4 is 5.32 Å². The largest absolute Gasteiger partial charge is 0.481 e. The van der Waals surface area contributed by atoms with Crippen LogP contribution >= 0.6 is 0 Å². The van der Waals surface area contributed by atoms with Gasteiger partial charge in [-0.05, 0) is 0 Å². The molecule has 0 aromatic carbocycles. The van der Waals surface area contributed by atoms with Crippen LogP contribution in [0.15, 0.2) is 0 Å². The van der Waals surface area contributed by atoms with Crippen molar-refractivity contribution in [3.63, 3.8) is 0 Å². The van der Waals surface area contributed by atoms with Crippen LogP contribution in [0.25, 0.3) is 0 Å². The van der Waals surface area contributed by atoms with Gasteiger partial charge in [-0.3, -0.25) is 9.59 Å². The van der Waals surface area contributed by atoms with Crippen molar-refractivity contribution in [3.8, 4) is 0 Å². The molecular formula is C5H9NO5S. The van der Waals surface area contributed by atoms with Gasteiger partial charge in [0, 0.05) is 6.92 Å². The Kier molecular flexibility index (Phi) is 4.45. The number of hydrogen-bond donors (Lipinski definition) is 3. The predicted molar refractivity (Wildman–Crippen MR) is 40.6 cm³/mol. The number of carbonyl (C=O) groups is 2. The van der Waals surface area contributed by atoms with E-state index in [0.717, 1.165) is 6.92 Å². The van der Waals surface area contributed by atoms with Crippen molar-refractivity contribution in [2.24, 2.45) is 0 Å². The highest BCUT2D eigenvalue weighted by Crippen LogP contribution is 1.95. The summed E-state index contributed by atoms with van der Waals surface area (Å²) < 4.78 is 18.9. The average molecular weight is 195 g/mol. The van der Waals surface area contributed by atoms with E-state index in [4.69, 9.17) is 9.66 Å². The van der Waals surface area contributed by atoms with E-state index in [1.54, 1.807) is 0 Å². The van der Waals surface area contributed by atoms with E-state index < -0.39 is 34.8 Å². The maximum atomic E-state index is 10.4. The van der Waals surface area contributed by atoms with Crippen molar-refractivity contribution in [2.45, 2.75) is 18.7 Å². The van der Waals surface area contributed by atoms with E-state index in [0.29, 0.717) is 0 Å². The molecule has 0 bridgehead atoms. The molecule has 0 aromatic rings. The summed E-state index contributed by atoms with van der Waals surface area (Å²) >= 11 is -2.36. The summed E-state index contributed by atoms with van der Waals surface area (Å²) in [7, 11) is 0. The summed E-state index contributed by atoms with van der Waals surface area (Å²) in [5.41, 5.74) is 0. The highest BCUT2D eigenvalue weighted by molar-refractivity contribution is 7.79. The number of amides is 1. The van der Waals surface area contributed by atoms with Crippen LogP contribution in [0, 0.1) is 0 Å². The quantitative estimate of drug-likeness (QED) is 0.507. The zero-order chi connectivity index (χ0) is 9.72. The maximum absolute atomic E-state index is 10.4. The normalized spacial score (nSPS) is 14.8. The molecule has 6 nitrogen and oxygen atoms in total. The van der Waals surface area contributed by atoms with Gasteiger partial charge in [-0.25, -0.2) is 4.21 Å². The van der Waals surface area contributed by atoms with Gasteiger partial charge in [-0.2, -0.15) is 0 Å². The van der Waals surface area contributed by atoms with Crippen molar-refractivity contribution in [2.75, 3.05) is 0 Å². The molecule has 1 amide bonds. The molecule has 2 atom stereocenters. The lowest BCUT2D eigenvalue weighted by Gasteiger charge is -2.10. The molecule has 0 aromatic heterocycles. The second kappa shape index (κ2) is 4.83. The maximum Gasteiger partial charge on any atom is 0.306 e. The van der Waals surface area contributed by atoms with Crippen LogP contribution in [-0.4, -0.2) is 31.1 Å². The lowest BCUT2D eigenvalue weighted by molar-refractivity contribution is -0.137. The van der Waals surface area contributed by atoms with Gasteiger partial charge in [0.2, 0.25) is 5.91 Å². The summed E-state index contributed by atoms with van der Waals surface area (Å²) in [6.45, 7) is 1.14. The number of rotatable bonds is 4. The molecule has 70 valence electrons. The van der Waals surface area contributed by atoms with Gasteiger partial charge in [0.15, 0.2) is 11.1 Å². The molecule has 0 aliphatic carbocycles. The first-order chi connectivity index (χ1) is 5.43. The Morgan fingerprint density at radius 3 is 2.33 bits per heavy atom. The lowest BCUT2D eigenvalue weighted by Crippen LogP contribution is -2.38. The van der Waals surface area contributed by atoms with E-state index >= 15 is 0 Å². The molecule has 0 aliphatic rings. The van der Waals surface area contributed by atoms with Crippen LogP contribution in [-0.2, 0) is 20.7 Å². The van der Waals surface area contributed by atoms with Gasteiger partial charge in [-0.1, -0.05) is 0 Å². The lowest BCUT2D eigenvalue weighted by atomic mass is 10.4. The smallest absolute Gasteiger partial charge is 0.306 e. The first-order valence-corrected chi connectivity index (χ1v) is 4.19. The molecule has 0 rings (SSSR count). The molecule has 0 radical (unpaired) electrons. The summed E-state index contributed by atoms with van der Waals surface area (Å²) in [4.78, 5) is 20.5. The third-order valence-corrected chi connectivity index (χ3v) is 1.74. The van der Waals surface area contributed by atoms with Crippen molar-refractivity contribution in [1.29, 1.82) is 0 Å². The van der Waals surface area contributed by atoms with Gasteiger partial charge in [-0.15, -0.1) is 0 Å². The van der Waals surface area contributed by atoms with Crippen molar-refractivity contribution in [3.05, 3.63) is 0 Å². The van der Waals surface area contributed by atoms with E-state index in [2.05, 4.69) is 0 Å². The zero-order valence-electron chi connectivity index (χ0n) is 6.31. The first kappa shape index (κ1) is 11.1. The van der Waals surface area contributed by atoms with E-state index in [1.807, 2.05) is 5.32 Å². The summed E-state index contributed by atoms with van der Waals surface area (Å²) in [6, 6.07) is 0. The van der Waals surface area contributed by atoms with Gasteiger partial charge < -0.3 is 15.0 Å². The first-order valence-electron chi connectivity index (χ1n) is 3.02.